The summed E-state index contributed by atoms with van der Waals surface area (Å²) >= 11 is 0. The van der Waals surface area contributed by atoms with Crippen molar-refractivity contribution in [2.45, 2.75) is 43.4 Å². The van der Waals surface area contributed by atoms with Gasteiger partial charge in [-0.2, -0.15) is 0 Å². The van der Waals surface area contributed by atoms with Crippen molar-refractivity contribution in [2.75, 3.05) is 13.2 Å². The molecule has 0 amide bonds. The third-order valence-electron chi connectivity index (χ3n) is 5.10. The van der Waals surface area contributed by atoms with Gasteiger partial charge in [-0.05, 0) is 68.1 Å². The standard InChI is InChI=1S/C18H25NO3S/c20-23(21,17-5-2-1-3-6-17)19-12-4-13-22-14-11-18-9-7-16(15-18)8-10-18/h1-3,5-6,11,14,16,19H,4,7-10,12-13,15H2/b14-11+. The van der Waals surface area contributed by atoms with E-state index < -0.39 is 10.0 Å². The molecule has 0 aliphatic heterocycles. The zero-order valence-corrected chi connectivity index (χ0v) is 14.2. The molecular formula is C18H25NO3S. The molecule has 2 aliphatic rings. The lowest BCUT2D eigenvalue weighted by Gasteiger charge is -2.21. The molecule has 0 saturated heterocycles. The van der Waals surface area contributed by atoms with Crippen LogP contribution in [-0.2, 0) is 14.8 Å². The minimum Gasteiger partial charge on any atom is -0.501 e. The summed E-state index contributed by atoms with van der Waals surface area (Å²) < 4.78 is 32.2. The monoisotopic (exact) mass is 335 g/mol. The number of nitrogens with one attached hydrogen (secondary N) is 1. The minimum absolute atomic E-state index is 0.303. The Morgan fingerprint density at radius 2 is 1.96 bits per heavy atom. The molecule has 2 bridgehead atoms. The van der Waals surface area contributed by atoms with Crippen LogP contribution in [0.25, 0.3) is 0 Å². The quantitative estimate of drug-likeness (QED) is 0.585. The molecule has 2 saturated carbocycles. The summed E-state index contributed by atoms with van der Waals surface area (Å²) in [4.78, 5) is 0.303. The van der Waals surface area contributed by atoms with Crippen LogP contribution < -0.4 is 4.72 Å². The number of allylic oxidation sites excluding steroid dienone is 1. The molecule has 0 aromatic heterocycles. The number of fused-ring (bicyclic) bond motifs is 2. The molecular weight excluding hydrogens is 310 g/mol. The molecule has 0 atom stereocenters. The van der Waals surface area contributed by atoms with E-state index in [4.69, 9.17) is 4.74 Å². The van der Waals surface area contributed by atoms with Gasteiger partial charge in [-0.25, -0.2) is 13.1 Å². The third-order valence-corrected chi connectivity index (χ3v) is 6.58. The molecule has 0 unspecified atom stereocenters. The van der Waals surface area contributed by atoms with Gasteiger partial charge in [0.05, 0.1) is 17.8 Å². The van der Waals surface area contributed by atoms with Gasteiger partial charge < -0.3 is 4.74 Å². The van der Waals surface area contributed by atoms with Crippen LogP contribution in [0.1, 0.15) is 38.5 Å². The highest BCUT2D eigenvalue weighted by molar-refractivity contribution is 7.89. The summed E-state index contributed by atoms with van der Waals surface area (Å²) in [6, 6.07) is 8.43. The van der Waals surface area contributed by atoms with Crippen molar-refractivity contribution in [3.63, 3.8) is 0 Å². The summed E-state index contributed by atoms with van der Waals surface area (Å²) in [5.41, 5.74) is 0.402. The largest absolute Gasteiger partial charge is 0.501 e. The van der Waals surface area contributed by atoms with Gasteiger partial charge in [0.25, 0.3) is 0 Å². The van der Waals surface area contributed by atoms with E-state index in [9.17, 15) is 8.42 Å². The molecule has 2 aliphatic carbocycles. The summed E-state index contributed by atoms with van der Waals surface area (Å²) in [6.07, 6.45) is 11.4. The molecule has 23 heavy (non-hydrogen) atoms. The maximum absolute atomic E-state index is 12.0. The molecule has 126 valence electrons. The second-order valence-electron chi connectivity index (χ2n) is 6.75. The number of sulfonamides is 1. The van der Waals surface area contributed by atoms with Gasteiger partial charge in [-0.1, -0.05) is 18.2 Å². The number of rotatable bonds is 8. The van der Waals surface area contributed by atoms with Crippen LogP contribution >= 0.6 is 0 Å². The van der Waals surface area contributed by atoms with Gasteiger partial charge in [0.1, 0.15) is 0 Å². The topological polar surface area (TPSA) is 55.4 Å². The maximum Gasteiger partial charge on any atom is 0.240 e. The molecule has 1 aromatic carbocycles. The predicted molar refractivity (Wildman–Crippen MR) is 90.3 cm³/mol. The lowest BCUT2D eigenvalue weighted by molar-refractivity contribution is 0.237. The van der Waals surface area contributed by atoms with Crippen molar-refractivity contribution in [1.82, 2.24) is 4.72 Å². The van der Waals surface area contributed by atoms with E-state index in [2.05, 4.69) is 10.8 Å². The van der Waals surface area contributed by atoms with E-state index in [-0.39, 0.29) is 0 Å². The van der Waals surface area contributed by atoms with E-state index in [1.54, 1.807) is 30.3 Å². The Balaban J connectivity index is 1.34. The van der Waals surface area contributed by atoms with Gasteiger partial charge in [0.15, 0.2) is 0 Å². The first-order chi connectivity index (χ1) is 11.1. The predicted octanol–water partition coefficient (Wildman–Crippen LogP) is 3.47. The van der Waals surface area contributed by atoms with E-state index in [0.717, 1.165) is 5.92 Å². The molecule has 2 fully saturated rings. The Morgan fingerprint density at radius 3 is 2.61 bits per heavy atom. The molecule has 1 N–H and O–H groups in total. The van der Waals surface area contributed by atoms with Gasteiger partial charge in [-0.15, -0.1) is 0 Å². The molecule has 0 radical (unpaired) electrons. The zero-order chi connectivity index (χ0) is 16.2. The fraction of sp³-hybridized carbons (Fsp3) is 0.556. The second-order valence-corrected chi connectivity index (χ2v) is 8.51. The molecule has 3 rings (SSSR count). The van der Waals surface area contributed by atoms with Crippen LogP contribution in [0.4, 0.5) is 0 Å². The average molecular weight is 335 g/mol. The number of ether oxygens (including phenoxy) is 1. The van der Waals surface area contributed by atoms with Crippen molar-refractivity contribution in [3.05, 3.63) is 42.7 Å². The van der Waals surface area contributed by atoms with Crippen LogP contribution in [0.15, 0.2) is 47.6 Å². The number of hydrogen-bond donors (Lipinski definition) is 1. The average Bonchev–Trinajstić information content (AvgIpc) is 3.16. The fourth-order valence-electron chi connectivity index (χ4n) is 3.78. The first kappa shape index (κ1) is 16.5. The van der Waals surface area contributed by atoms with Crippen LogP contribution in [-0.4, -0.2) is 21.6 Å². The normalized spacial score (nSPS) is 26.9. The van der Waals surface area contributed by atoms with Crippen LogP contribution in [0.2, 0.25) is 0 Å². The zero-order valence-electron chi connectivity index (χ0n) is 13.4. The van der Waals surface area contributed by atoms with Crippen LogP contribution in [0.5, 0.6) is 0 Å². The Bertz CT molecular complexity index is 631. The van der Waals surface area contributed by atoms with Gasteiger partial charge in [0.2, 0.25) is 10.0 Å². The summed E-state index contributed by atoms with van der Waals surface area (Å²) in [7, 11) is -3.40. The summed E-state index contributed by atoms with van der Waals surface area (Å²) in [5.74, 6) is 0.937. The highest BCUT2D eigenvalue weighted by Crippen LogP contribution is 2.54. The van der Waals surface area contributed by atoms with Crippen molar-refractivity contribution in [3.8, 4) is 0 Å². The Kier molecular flexibility index (Phi) is 5.07. The summed E-state index contributed by atoms with van der Waals surface area (Å²) in [5, 5.41) is 0. The Hall–Kier alpha value is -1.33. The second kappa shape index (κ2) is 7.05. The third kappa shape index (κ3) is 4.15. The molecule has 0 heterocycles. The lowest BCUT2D eigenvalue weighted by Crippen LogP contribution is -2.25. The lowest BCUT2D eigenvalue weighted by atomic mass is 9.84. The van der Waals surface area contributed by atoms with Crippen molar-refractivity contribution >= 4 is 10.0 Å². The first-order valence-electron chi connectivity index (χ1n) is 8.44. The van der Waals surface area contributed by atoms with E-state index in [0.29, 0.717) is 29.9 Å². The Morgan fingerprint density at radius 1 is 1.22 bits per heavy atom. The number of benzene rings is 1. The Labute approximate surface area is 139 Å². The van der Waals surface area contributed by atoms with Gasteiger partial charge >= 0.3 is 0 Å². The SMILES string of the molecule is O=S(=O)(NCCCO/C=C/C12CCC(CC1)C2)c1ccccc1. The van der Waals surface area contributed by atoms with Crippen molar-refractivity contribution in [1.29, 1.82) is 0 Å². The molecule has 0 spiro atoms. The van der Waals surface area contributed by atoms with E-state index in [1.165, 1.54) is 32.1 Å². The molecule has 5 heteroatoms. The van der Waals surface area contributed by atoms with Crippen LogP contribution in [0.3, 0.4) is 0 Å². The van der Waals surface area contributed by atoms with Crippen molar-refractivity contribution < 1.29 is 13.2 Å². The van der Waals surface area contributed by atoms with Gasteiger partial charge in [0, 0.05) is 6.54 Å². The highest BCUT2D eigenvalue weighted by atomic mass is 32.2. The summed E-state index contributed by atoms with van der Waals surface area (Å²) in [6.45, 7) is 0.922. The van der Waals surface area contributed by atoms with Crippen LogP contribution in [0, 0.1) is 11.3 Å². The first-order valence-corrected chi connectivity index (χ1v) is 9.92. The smallest absolute Gasteiger partial charge is 0.240 e. The van der Waals surface area contributed by atoms with Crippen molar-refractivity contribution in [2.24, 2.45) is 11.3 Å². The fourth-order valence-corrected chi connectivity index (χ4v) is 4.87. The van der Waals surface area contributed by atoms with E-state index >= 15 is 0 Å². The maximum atomic E-state index is 12.0. The molecule has 1 aromatic rings. The van der Waals surface area contributed by atoms with E-state index in [1.807, 2.05) is 6.26 Å². The number of hydrogen-bond acceptors (Lipinski definition) is 3. The highest BCUT2D eigenvalue weighted by Gasteiger charge is 2.42. The minimum atomic E-state index is -3.40. The van der Waals surface area contributed by atoms with Gasteiger partial charge in [-0.3, -0.25) is 0 Å². The molecule has 4 nitrogen and oxygen atoms in total.